The van der Waals surface area contributed by atoms with Crippen molar-refractivity contribution in [2.75, 3.05) is 13.2 Å². The van der Waals surface area contributed by atoms with Crippen LogP contribution in [0.2, 0.25) is 0 Å². The molecule has 2 unspecified atom stereocenters. The number of carbonyl (C=O) groups is 2. The number of aliphatic carboxylic acids is 1. The second-order valence-electron chi connectivity index (χ2n) is 3.76. The minimum atomic E-state index is -1.18. The molecule has 0 aromatic carbocycles. The first-order valence-corrected chi connectivity index (χ1v) is 5.10. The molecule has 1 amide bonds. The normalized spacial score (nSPS) is 26.4. The third-order valence-electron chi connectivity index (χ3n) is 2.46. The number of carbonyl (C=O) groups excluding carboxylic acids is 1. The topological polar surface area (TPSA) is 119 Å². The monoisotopic (exact) mass is 232 g/mol. The van der Waals surface area contributed by atoms with Crippen molar-refractivity contribution in [3.8, 4) is 0 Å². The molecule has 0 aliphatic carbocycles. The Bertz CT molecular complexity index is 271. The first-order valence-electron chi connectivity index (χ1n) is 5.10. The predicted octanol–water partition coefficient (Wildman–Crippen LogP) is -2.34. The highest BCUT2D eigenvalue weighted by Gasteiger charge is 2.30. The maximum atomic E-state index is 11.6. The standard InChI is InChI=1S/C9H16N2O5/c12-2-1-6(9(15)16)11-8(14)7-3-5(13)4-10-7/h5-7,10,12-13H,1-4H2,(H,11,14)(H,15,16)/t5?,6-,7?/m0/s1. The molecule has 1 rings (SSSR count). The third-order valence-corrected chi connectivity index (χ3v) is 2.46. The van der Waals surface area contributed by atoms with Crippen LogP contribution in [-0.4, -0.2) is 58.5 Å². The van der Waals surface area contributed by atoms with Gasteiger partial charge in [-0.2, -0.15) is 0 Å². The quantitative estimate of drug-likeness (QED) is 0.362. The molecule has 0 bridgehead atoms. The van der Waals surface area contributed by atoms with Crippen molar-refractivity contribution < 1.29 is 24.9 Å². The Morgan fingerprint density at radius 2 is 2.19 bits per heavy atom. The molecule has 0 radical (unpaired) electrons. The summed E-state index contributed by atoms with van der Waals surface area (Å²) in [6, 6.07) is -1.65. The van der Waals surface area contributed by atoms with Gasteiger partial charge >= 0.3 is 5.97 Å². The summed E-state index contributed by atoms with van der Waals surface area (Å²) >= 11 is 0. The molecule has 1 heterocycles. The van der Waals surface area contributed by atoms with Gasteiger partial charge in [-0.15, -0.1) is 0 Å². The Hall–Kier alpha value is -1.18. The molecule has 5 N–H and O–H groups in total. The highest BCUT2D eigenvalue weighted by molar-refractivity contribution is 5.87. The van der Waals surface area contributed by atoms with Crippen LogP contribution in [0.3, 0.4) is 0 Å². The zero-order valence-corrected chi connectivity index (χ0v) is 8.72. The SMILES string of the molecule is O=C(N[C@@H](CCO)C(=O)O)C1CC(O)CN1. The van der Waals surface area contributed by atoms with E-state index in [2.05, 4.69) is 10.6 Å². The Balaban J connectivity index is 2.45. The molecule has 0 aromatic rings. The minimum absolute atomic E-state index is 0.0314. The van der Waals surface area contributed by atoms with E-state index in [1.165, 1.54) is 0 Å². The lowest BCUT2D eigenvalue weighted by molar-refractivity contribution is -0.142. The van der Waals surface area contributed by atoms with E-state index in [1.807, 2.05) is 0 Å². The van der Waals surface area contributed by atoms with Crippen molar-refractivity contribution in [2.45, 2.75) is 31.0 Å². The zero-order chi connectivity index (χ0) is 12.1. The van der Waals surface area contributed by atoms with Gasteiger partial charge in [-0.1, -0.05) is 0 Å². The van der Waals surface area contributed by atoms with Gasteiger partial charge in [0.05, 0.1) is 12.1 Å². The Morgan fingerprint density at radius 3 is 2.62 bits per heavy atom. The van der Waals surface area contributed by atoms with Crippen LogP contribution in [-0.2, 0) is 9.59 Å². The Kier molecular flexibility index (Phi) is 4.66. The third kappa shape index (κ3) is 3.44. The van der Waals surface area contributed by atoms with E-state index in [-0.39, 0.29) is 19.4 Å². The number of rotatable bonds is 5. The summed E-state index contributed by atoms with van der Waals surface area (Å²) in [5.74, 6) is -1.64. The highest BCUT2D eigenvalue weighted by atomic mass is 16.4. The molecule has 1 saturated heterocycles. The van der Waals surface area contributed by atoms with Crippen molar-refractivity contribution in [3.63, 3.8) is 0 Å². The lowest BCUT2D eigenvalue weighted by Gasteiger charge is -2.16. The van der Waals surface area contributed by atoms with Crippen molar-refractivity contribution in [2.24, 2.45) is 0 Å². The van der Waals surface area contributed by atoms with Gasteiger partial charge < -0.3 is 26.0 Å². The molecule has 7 nitrogen and oxygen atoms in total. The molecule has 7 heteroatoms. The average Bonchev–Trinajstić information content (AvgIpc) is 2.64. The van der Waals surface area contributed by atoms with Crippen LogP contribution in [0.1, 0.15) is 12.8 Å². The number of hydrogen-bond donors (Lipinski definition) is 5. The molecule has 0 aromatic heterocycles. The Labute approximate surface area is 92.5 Å². The van der Waals surface area contributed by atoms with Crippen molar-refractivity contribution >= 4 is 11.9 Å². The predicted molar refractivity (Wildman–Crippen MR) is 53.7 cm³/mol. The molecule has 92 valence electrons. The fourth-order valence-electron chi connectivity index (χ4n) is 1.58. The molecule has 1 fully saturated rings. The molecular formula is C9H16N2O5. The van der Waals surface area contributed by atoms with Crippen molar-refractivity contribution in [1.29, 1.82) is 0 Å². The van der Waals surface area contributed by atoms with Crippen LogP contribution in [0, 0.1) is 0 Å². The van der Waals surface area contributed by atoms with Crippen molar-refractivity contribution in [3.05, 3.63) is 0 Å². The van der Waals surface area contributed by atoms with E-state index in [0.717, 1.165) is 0 Å². The summed E-state index contributed by atoms with van der Waals surface area (Å²) in [7, 11) is 0. The zero-order valence-electron chi connectivity index (χ0n) is 8.72. The van der Waals surface area contributed by atoms with E-state index in [4.69, 9.17) is 10.2 Å². The van der Waals surface area contributed by atoms with Gasteiger partial charge in [0.2, 0.25) is 5.91 Å². The van der Waals surface area contributed by atoms with Crippen LogP contribution in [0.25, 0.3) is 0 Å². The van der Waals surface area contributed by atoms with Gasteiger partial charge in [-0.05, 0) is 6.42 Å². The summed E-state index contributed by atoms with van der Waals surface area (Å²) in [5.41, 5.74) is 0. The first kappa shape index (κ1) is 12.9. The summed E-state index contributed by atoms with van der Waals surface area (Å²) in [4.78, 5) is 22.3. The second kappa shape index (κ2) is 5.78. The average molecular weight is 232 g/mol. The van der Waals surface area contributed by atoms with E-state index in [0.29, 0.717) is 6.54 Å². The van der Waals surface area contributed by atoms with Gasteiger partial charge in [0.15, 0.2) is 0 Å². The van der Waals surface area contributed by atoms with E-state index in [9.17, 15) is 14.7 Å². The maximum absolute atomic E-state index is 11.6. The van der Waals surface area contributed by atoms with Gasteiger partial charge in [-0.25, -0.2) is 4.79 Å². The number of aliphatic hydroxyl groups excluding tert-OH is 2. The van der Waals surface area contributed by atoms with E-state index in [1.54, 1.807) is 0 Å². The Morgan fingerprint density at radius 1 is 1.50 bits per heavy atom. The summed E-state index contributed by atoms with van der Waals surface area (Å²) < 4.78 is 0. The second-order valence-corrected chi connectivity index (χ2v) is 3.76. The van der Waals surface area contributed by atoms with E-state index < -0.39 is 30.1 Å². The summed E-state index contributed by atoms with van der Waals surface area (Å²) in [5, 5.41) is 31.7. The largest absolute Gasteiger partial charge is 0.480 e. The van der Waals surface area contributed by atoms with Crippen LogP contribution in [0.15, 0.2) is 0 Å². The number of nitrogens with one attached hydrogen (secondary N) is 2. The van der Waals surface area contributed by atoms with Crippen molar-refractivity contribution in [1.82, 2.24) is 10.6 Å². The molecular weight excluding hydrogens is 216 g/mol. The lowest BCUT2D eigenvalue weighted by atomic mass is 10.1. The molecule has 16 heavy (non-hydrogen) atoms. The first-order chi connectivity index (χ1) is 7.54. The maximum Gasteiger partial charge on any atom is 0.326 e. The number of β-amino-alcohol motifs (C(OH)–C–C–N with tert-alkyl or cyclic N) is 1. The highest BCUT2D eigenvalue weighted by Crippen LogP contribution is 2.06. The van der Waals surface area contributed by atoms with E-state index >= 15 is 0 Å². The van der Waals surface area contributed by atoms with Crippen LogP contribution < -0.4 is 10.6 Å². The smallest absolute Gasteiger partial charge is 0.326 e. The number of carboxylic acids is 1. The summed E-state index contributed by atoms with van der Waals surface area (Å²) in [6.45, 7) is 0.0216. The number of hydrogen-bond acceptors (Lipinski definition) is 5. The number of aliphatic hydroxyl groups is 2. The molecule has 0 spiro atoms. The van der Waals surface area contributed by atoms with Gasteiger partial charge in [0.25, 0.3) is 0 Å². The molecule has 3 atom stereocenters. The molecule has 1 aliphatic heterocycles. The fraction of sp³-hybridized carbons (Fsp3) is 0.778. The fourth-order valence-corrected chi connectivity index (χ4v) is 1.58. The van der Waals surface area contributed by atoms with Gasteiger partial charge in [0, 0.05) is 19.6 Å². The molecule has 0 saturated carbocycles. The van der Waals surface area contributed by atoms with Gasteiger partial charge in [-0.3, -0.25) is 4.79 Å². The lowest BCUT2D eigenvalue weighted by Crippen LogP contribution is -2.48. The van der Waals surface area contributed by atoms with Crippen LogP contribution in [0.4, 0.5) is 0 Å². The van der Waals surface area contributed by atoms with Crippen LogP contribution >= 0.6 is 0 Å². The van der Waals surface area contributed by atoms with Gasteiger partial charge in [0.1, 0.15) is 6.04 Å². The number of amides is 1. The minimum Gasteiger partial charge on any atom is -0.480 e. The van der Waals surface area contributed by atoms with Crippen LogP contribution in [0.5, 0.6) is 0 Å². The summed E-state index contributed by atoms with van der Waals surface area (Å²) in [6.07, 6.45) is -0.329. The molecule has 1 aliphatic rings. The number of carboxylic acid groups (broad SMARTS) is 1.